The molecule has 0 atom stereocenters. The minimum atomic E-state index is 0.146. The average molecular weight is 272 g/mol. The highest BCUT2D eigenvalue weighted by atomic mass is 35.5. The minimum absolute atomic E-state index is 0.146. The molecule has 4 nitrogen and oxygen atoms in total. The molecule has 0 aliphatic heterocycles. The van der Waals surface area contributed by atoms with Crippen LogP contribution in [0.4, 0.5) is 5.82 Å². The highest BCUT2D eigenvalue weighted by Gasteiger charge is 2.07. The lowest BCUT2D eigenvalue weighted by atomic mass is 10.2. The first kappa shape index (κ1) is 11.7. The second kappa shape index (κ2) is 4.40. The predicted molar refractivity (Wildman–Crippen MR) is 76.1 cm³/mol. The highest BCUT2D eigenvalue weighted by Crippen LogP contribution is 2.26. The maximum absolute atomic E-state index is 9.50. The number of halogens is 1. The molecule has 0 aliphatic carbocycles. The number of hydrogen-bond acceptors (Lipinski definition) is 4. The van der Waals surface area contributed by atoms with Crippen molar-refractivity contribution in [3.8, 4) is 17.1 Å². The van der Waals surface area contributed by atoms with Crippen molar-refractivity contribution in [1.29, 1.82) is 0 Å². The van der Waals surface area contributed by atoms with E-state index in [4.69, 9.17) is 17.3 Å². The van der Waals surface area contributed by atoms with E-state index in [1.165, 1.54) is 0 Å². The van der Waals surface area contributed by atoms with Crippen LogP contribution >= 0.6 is 11.6 Å². The molecule has 3 rings (SSSR count). The summed E-state index contributed by atoms with van der Waals surface area (Å²) in [5.41, 5.74) is 7.34. The van der Waals surface area contributed by atoms with Crippen LogP contribution in [-0.2, 0) is 0 Å². The Morgan fingerprint density at radius 3 is 2.47 bits per heavy atom. The first-order valence-electron chi connectivity index (χ1n) is 5.66. The fraction of sp³-hybridized carbons (Fsp3) is 0. The molecule has 1 heterocycles. The van der Waals surface area contributed by atoms with E-state index in [-0.39, 0.29) is 5.75 Å². The van der Waals surface area contributed by atoms with Gasteiger partial charge in [-0.2, -0.15) is 0 Å². The van der Waals surface area contributed by atoms with Crippen LogP contribution in [0.5, 0.6) is 5.75 Å². The normalized spacial score (nSPS) is 10.8. The van der Waals surface area contributed by atoms with Crippen LogP contribution in [0.1, 0.15) is 0 Å². The highest BCUT2D eigenvalue weighted by molar-refractivity contribution is 6.30. The summed E-state index contributed by atoms with van der Waals surface area (Å²) in [7, 11) is 0. The number of benzene rings is 2. The number of aromatic hydroxyl groups is 1. The molecular weight excluding hydrogens is 262 g/mol. The maximum atomic E-state index is 9.50. The Bertz CT molecular complexity index is 756. The van der Waals surface area contributed by atoms with E-state index < -0.39 is 0 Å². The van der Waals surface area contributed by atoms with E-state index in [1.54, 1.807) is 30.3 Å². The zero-order valence-electron chi connectivity index (χ0n) is 9.84. The molecule has 3 N–H and O–H groups in total. The van der Waals surface area contributed by atoms with E-state index in [1.807, 2.05) is 12.1 Å². The van der Waals surface area contributed by atoms with Gasteiger partial charge in [-0.3, -0.25) is 0 Å². The second-order valence-corrected chi connectivity index (χ2v) is 4.58. The van der Waals surface area contributed by atoms with Gasteiger partial charge in [-0.05, 0) is 36.4 Å². The van der Waals surface area contributed by atoms with Crippen molar-refractivity contribution in [2.45, 2.75) is 0 Å². The molecular formula is C14H10ClN3O. The number of fused-ring (bicyclic) bond motifs is 1. The molecule has 0 fully saturated rings. The smallest absolute Gasteiger partial charge is 0.162 e. The molecule has 19 heavy (non-hydrogen) atoms. The van der Waals surface area contributed by atoms with Gasteiger partial charge in [-0.15, -0.1) is 0 Å². The molecule has 2 aromatic carbocycles. The van der Waals surface area contributed by atoms with Crippen molar-refractivity contribution in [3.63, 3.8) is 0 Å². The number of nitrogens with zero attached hydrogens (tertiary/aromatic N) is 2. The van der Waals surface area contributed by atoms with E-state index >= 15 is 0 Å². The summed E-state index contributed by atoms with van der Waals surface area (Å²) in [6.07, 6.45) is 0. The van der Waals surface area contributed by atoms with E-state index in [0.29, 0.717) is 22.2 Å². The van der Waals surface area contributed by atoms with Gasteiger partial charge in [-0.25, -0.2) is 9.97 Å². The maximum Gasteiger partial charge on any atom is 0.162 e. The third kappa shape index (κ3) is 2.18. The summed E-state index contributed by atoms with van der Waals surface area (Å²) in [6, 6.07) is 12.0. The summed E-state index contributed by atoms with van der Waals surface area (Å²) in [6.45, 7) is 0. The van der Waals surface area contributed by atoms with Gasteiger partial charge < -0.3 is 10.8 Å². The van der Waals surface area contributed by atoms with Gasteiger partial charge in [0.2, 0.25) is 0 Å². The molecule has 5 heteroatoms. The fourth-order valence-electron chi connectivity index (χ4n) is 1.87. The Morgan fingerprint density at radius 1 is 1.00 bits per heavy atom. The Kier molecular flexibility index (Phi) is 2.72. The van der Waals surface area contributed by atoms with Gasteiger partial charge in [-0.1, -0.05) is 11.6 Å². The molecule has 0 spiro atoms. The lowest BCUT2D eigenvalue weighted by molar-refractivity contribution is 0.476. The van der Waals surface area contributed by atoms with Crippen LogP contribution in [0.15, 0.2) is 42.5 Å². The van der Waals surface area contributed by atoms with Crippen LogP contribution in [0.25, 0.3) is 22.3 Å². The van der Waals surface area contributed by atoms with E-state index in [9.17, 15) is 5.11 Å². The lowest BCUT2D eigenvalue weighted by Gasteiger charge is -2.06. The van der Waals surface area contributed by atoms with Gasteiger partial charge in [0, 0.05) is 22.0 Å². The minimum Gasteiger partial charge on any atom is -0.508 e. The summed E-state index contributed by atoms with van der Waals surface area (Å²) in [5, 5.41) is 10.9. The Morgan fingerprint density at radius 2 is 1.74 bits per heavy atom. The monoisotopic (exact) mass is 271 g/mol. The van der Waals surface area contributed by atoms with Crippen LogP contribution in [0.2, 0.25) is 5.02 Å². The van der Waals surface area contributed by atoms with Gasteiger partial charge in [0.15, 0.2) is 5.82 Å². The number of anilines is 1. The zero-order chi connectivity index (χ0) is 13.4. The van der Waals surface area contributed by atoms with Crippen LogP contribution < -0.4 is 5.73 Å². The van der Waals surface area contributed by atoms with Gasteiger partial charge >= 0.3 is 0 Å². The topological polar surface area (TPSA) is 72.0 Å². The molecule has 0 saturated heterocycles. The molecule has 0 bridgehead atoms. The SMILES string of the molecule is Nc1nc(-c2ccc(Cl)cc2)nc2cc(O)ccc12. The molecule has 0 radical (unpaired) electrons. The van der Waals surface area contributed by atoms with Crippen LogP contribution in [-0.4, -0.2) is 15.1 Å². The average Bonchev–Trinajstić information content (AvgIpc) is 2.38. The molecule has 0 aliphatic rings. The quantitative estimate of drug-likeness (QED) is 0.713. The number of hydrogen-bond donors (Lipinski definition) is 2. The largest absolute Gasteiger partial charge is 0.508 e. The van der Waals surface area contributed by atoms with Crippen molar-refractivity contribution in [2.75, 3.05) is 5.73 Å². The van der Waals surface area contributed by atoms with E-state index in [0.717, 1.165) is 10.9 Å². The summed E-state index contributed by atoms with van der Waals surface area (Å²) >= 11 is 5.85. The van der Waals surface area contributed by atoms with Gasteiger partial charge in [0.05, 0.1) is 5.52 Å². The number of rotatable bonds is 1. The van der Waals surface area contributed by atoms with Crippen molar-refractivity contribution >= 4 is 28.3 Å². The van der Waals surface area contributed by atoms with Crippen molar-refractivity contribution in [1.82, 2.24) is 9.97 Å². The lowest BCUT2D eigenvalue weighted by Crippen LogP contribution is -1.97. The summed E-state index contributed by atoms with van der Waals surface area (Å²) in [4.78, 5) is 8.68. The van der Waals surface area contributed by atoms with E-state index in [2.05, 4.69) is 9.97 Å². The summed E-state index contributed by atoms with van der Waals surface area (Å²) < 4.78 is 0. The predicted octanol–water partition coefficient (Wildman–Crippen LogP) is 3.24. The van der Waals surface area contributed by atoms with Gasteiger partial charge in [0.25, 0.3) is 0 Å². The number of aromatic nitrogens is 2. The Balaban J connectivity index is 2.22. The first-order valence-corrected chi connectivity index (χ1v) is 6.03. The number of phenols is 1. The third-order valence-corrected chi connectivity index (χ3v) is 3.06. The number of nitrogen functional groups attached to an aromatic ring is 1. The zero-order valence-corrected chi connectivity index (χ0v) is 10.6. The first-order chi connectivity index (χ1) is 9.13. The molecule has 1 aromatic heterocycles. The van der Waals surface area contributed by atoms with Crippen LogP contribution in [0.3, 0.4) is 0 Å². The van der Waals surface area contributed by atoms with Crippen molar-refractivity contribution in [3.05, 3.63) is 47.5 Å². The number of phenolic OH excluding ortho intramolecular Hbond substituents is 1. The fourth-order valence-corrected chi connectivity index (χ4v) is 2.00. The van der Waals surface area contributed by atoms with Crippen molar-refractivity contribution in [2.24, 2.45) is 0 Å². The molecule has 94 valence electrons. The van der Waals surface area contributed by atoms with Crippen LogP contribution in [0, 0.1) is 0 Å². The molecule has 0 saturated carbocycles. The Labute approximate surface area is 114 Å². The van der Waals surface area contributed by atoms with Crippen molar-refractivity contribution < 1.29 is 5.11 Å². The van der Waals surface area contributed by atoms with Gasteiger partial charge in [0.1, 0.15) is 11.6 Å². The third-order valence-electron chi connectivity index (χ3n) is 2.81. The standard InChI is InChI=1S/C14H10ClN3O/c15-9-3-1-8(2-4-9)14-17-12-7-10(19)5-6-11(12)13(16)18-14/h1-7,19H,(H2,16,17,18). The molecule has 0 unspecified atom stereocenters. The molecule has 3 aromatic rings. The second-order valence-electron chi connectivity index (χ2n) is 4.14. The summed E-state index contributed by atoms with van der Waals surface area (Å²) in [5.74, 6) is 1.04. The molecule has 0 amide bonds. The Hall–Kier alpha value is -2.33. The number of nitrogens with two attached hydrogens (primary N) is 1.